The van der Waals surface area contributed by atoms with Crippen molar-refractivity contribution in [1.29, 1.82) is 0 Å². The van der Waals surface area contributed by atoms with Crippen LogP contribution in [-0.4, -0.2) is 23.2 Å². The second kappa shape index (κ2) is 8.32. The van der Waals surface area contributed by atoms with Crippen molar-refractivity contribution >= 4 is 5.97 Å². The fourth-order valence-electron chi connectivity index (χ4n) is 2.09. The third-order valence-electron chi connectivity index (χ3n) is 3.33. The number of esters is 1. The normalized spacial score (nSPS) is 13.4. The molecule has 2 rings (SSSR count). The van der Waals surface area contributed by atoms with Crippen LogP contribution in [0.2, 0.25) is 0 Å². The van der Waals surface area contributed by atoms with Gasteiger partial charge in [0.15, 0.2) is 0 Å². The van der Waals surface area contributed by atoms with Gasteiger partial charge in [0.2, 0.25) is 0 Å². The van der Waals surface area contributed by atoms with E-state index in [4.69, 9.17) is 4.74 Å². The van der Waals surface area contributed by atoms with E-state index in [9.17, 15) is 9.90 Å². The number of ether oxygens (including phenoxy) is 1. The number of aliphatic hydroxyl groups is 1. The Morgan fingerprint density at radius 1 is 1.05 bits per heavy atom. The second-order valence-electron chi connectivity index (χ2n) is 5.18. The van der Waals surface area contributed by atoms with Crippen LogP contribution in [0.3, 0.4) is 0 Å². The number of aliphatic hydroxyl groups excluding tert-OH is 1. The van der Waals surface area contributed by atoms with E-state index >= 15 is 0 Å². The first-order chi connectivity index (χ1) is 10.7. The van der Waals surface area contributed by atoms with E-state index in [0.29, 0.717) is 6.54 Å². The maximum absolute atomic E-state index is 12.1. The van der Waals surface area contributed by atoms with Gasteiger partial charge in [-0.15, -0.1) is 0 Å². The van der Waals surface area contributed by atoms with Crippen molar-refractivity contribution in [2.45, 2.75) is 32.2 Å². The lowest BCUT2D eigenvalue weighted by atomic mass is 10.1. The topological polar surface area (TPSA) is 58.6 Å². The van der Waals surface area contributed by atoms with Gasteiger partial charge in [-0.2, -0.15) is 0 Å². The number of benzene rings is 2. The zero-order valence-corrected chi connectivity index (χ0v) is 12.6. The molecule has 0 saturated heterocycles. The summed E-state index contributed by atoms with van der Waals surface area (Å²) in [5.41, 5.74) is 1.97. The molecule has 4 heteroatoms. The zero-order chi connectivity index (χ0) is 15.8. The van der Waals surface area contributed by atoms with Gasteiger partial charge in [0.25, 0.3) is 0 Å². The number of carbonyl (C=O) groups excluding carboxylic acids is 1. The SMILES string of the molecule is C[C@@H](O)[C@H](NCc1ccccc1)C(=O)OCc1ccccc1. The Labute approximate surface area is 130 Å². The van der Waals surface area contributed by atoms with Gasteiger partial charge in [0, 0.05) is 6.54 Å². The van der Waals surface area contributed by atoms with Gasteiger partial charge in [0.05, 0.1) is 6.10 Å². The molecule has 0 aliphatic heterocycles. The predicted molar refractivity (Wildman–Crippen MR) is 85.0 cm³/mol. The van der Waals surface area contributed by atoms with Gasteiger partial charge in [-0.1, -0.05) is 60.7 Å². The summed E-state index contributed by atoms with van der Waals surface area (Å²) in [5.74, 6) is -0.449. The zero-order valence-electron chi connectivity index (χ0n) is 12.6. The number of hydrogen-bond acceptors (Lipinski definition) is 4. The highest BCUT2D eigenvalue weighted by Gasteiger charge is 2.24. The van der Waals surface area contributed by atoms with Gasteiger partial charge in [-0.25, -0.2) is 0 Å². The van der Waals surface area contributed by atoms with Gasteiger partial charge >= 0.3 is 5.97 Å². The number of carbonyl (C=O) groups is 1. The minimum Gasteiger partial charge on any atom is -0.460 e. The molecule has 0 bridgehead atoms. The molecule has 4 nitrogen and oxygen atoms in total. The van der Waals surface area contributed by atoms with Gasteiger partial charge in [-0.05, 0) is 18.1 Å². The Bertz CT molecular complexity index is 569. The van der Waals surface area contributed by atoms with Gasteiger partial charge in [-0.3, -0.25) is 10.1 Å². The fraction of sp³-hybridized carbons (Fsp3) is 0.278. The molecule has 0 heterocycles. The molecular formula is C18H21NO3. The van der Waals surface area contributed by atoms with Crippen LogP contribution < -0.4 is 5.32 Å². The lowest BCUT2D eigenvalue weighted by molar-refractivity contribution is -0.150. The maximum Gasteiger partial charge on any atom is 0.326 e. The standard InChI is InChI=1S/C18H21NO3/c1-14(20)17(19-12-15-8-4-2-5-9-15)18(21)22-13-16-10-6-3-7-11-16/h2-11,14,17,19-20H,12-13H2,1H3/t14-,17+/m1/s1. The summed E-state index contributed by atoms with van der Waals surface area (Å²) in [6.45, 7) is 2.28. The van der Waals surface area contributed by atoms with E-state index in [2.05, 4.69) is 5.32 Å². The summed E-state index contributed by atoms with van der Waals surface area (Å²) in [7, 11) is 0. The minimum atomic E-state index is -0.827. The van der Waals surface area contributed by atoms with Crippen LogP contribution in [0.1, 0.15) is 18.1 Å². The van der Waals surface area contributed by atoms with Crippen LogP contribution >= 0.6 is 0 Å². The summed E-state index contributed by atoms with van der Waals surface area (Å²) in [5, 5.41) is 12.8. The van der Waals surface area contributed by atoms with Crippen molar-refractivity contribution in [2.75, 3.05) is 0 Å². The smallest absolute Gasteiger partial charge is 0.326 e. The lowest BCUT2D eigenvalue weighted by Gasteiger charge is -2.20. The molecule has 22 heavy (non-hydrogen) atoms. The molecule has 0 aromatic heterocycles. The molecule has 0 aliphatic carbocycles. The van der Waals surface area contributed by atoms with E-state index in [-0.39, 0.29) is 6.61 Å². The summed E-state index contributed by atoms with van der Waals surface area (Å²) < 4.78 is 5.28. The van der Waals surface area contributed by atoms with Crippen molar-refractivity contribution < 1.29 is 14.6 Å². The predicted octanol–water partition coefficient (Wildman–Crippen LogP) is 2.27. The van der Waals surface area contributed by atoms with E-state index in [1.165, 1.54) is 0 Å². The monoisotopic (exact) mass is 299 g/mol. The van der Waals surface area contributed by atoms with E-state index in [0.717, 1.165) is 11.1 Å². The third-order valence-corrected chi connectivity index (χ3v) is 3.33. The Morgan fingerprint density at radius 2 is 1.59 bits per heavy atom. The van der Waals surface area contributed by atoms with Crippen LogP contribution in [-0.2, 0) is 22.7 Å². The van der Waals surface area contributed by atoms with Gasteiger partial charge in [0.1, 0.15) is 12.6 Å². The minimum absolute atomic E-state index is 0.204. The summed E-state index contributed by atoms with van der Waals surface area (Å²) >= 11 is 0. The first-order valence-corrected chi connectivity index (χ1v) is 7.33. The molecule has 0 fully saturated rings. The molecule has 0 radical (unpaired) electrons. The van der Waals surface area contributed by atoms with Gasteiger partial charge < -0.3 is 9.84 Å². The lowest BCUT2D eigenvalue weighted by Crippen LogP contribution is -2.45. The third kappa shape index (κ3) is 4.98. The molecule has 0 spiro atoms. The average Bonchev–Trinajstić information content (AvgIpc) is 2.55. The highest BCUT2D eigenvalue weighted by Crippen LogP contribution is 2.05. The first kappa shape index (κ1) is 16.2. The molecule has 2 aromatic rings. The first-order valence-electron chi connectivity index (χ1n) is 7.33. The molecule has 0 amide bonds. The fourth-order valence-corrected chi connectivity index (χ4v) is 2.09. The second-order valence-corrected chi connectivity index (χ2v) is 5.18. The Hall–Kier alpha value is -2.17. The number of rotatable bonds is 7. The highest BCUT2D eigenvalue weighted by molar-refractivity contribution is 5.76. The summed E-state index contributed by atoms with van der Waals surface area (Å²) in [6, 6.07) is 18.4. The van der Waals surface area contributed by atoms with E-state index in [1.54, 1.807) is 6.92 Å². The van der Waals surface area contributed by atoms with Crippen LogP contribution in [0.4, 0.5) is 0 Å². The van der Waals surface area contributed by atoms with Crippen LogP contribution in [0.5, 0.6) is 0 Å². The Balaban J connectivity index is 1.88. The average molecular weight is 299 g/mol. The number of nitrogens with one attached hydrogen (secondary N) is 1. The van der Waals surface area contributed by atoms with Crippen molar-refractivity contribution in [3.05, 3.63) is 71.8 Å². The molecule has 0 unspecified atom stereocenters. The number of hydrogen-bond donors (Lipinski definition) is 2. The largest absolute Gasteiger partial charge is 0.460 e. The molecule has 0 aliphatic rings. The van der Waals surface area contributed by atoms with Crippen molar-refractivity contribution in [3.63, 3.8) is 0 Å². The quantitative estimate of drug-likeness (QED) is 0.770. The molecule has 116 valence electrons. The summed E-state index contributed by atoms with van der Waals surface area (Å²) in [6.07, 6.45) is -0.827. The Kier molecular flexibility index (Phi) is 6.13. The molecule has 2 atom stereocenters. The molecular weight excluding hydrogens is 278 g/mol. The maximum atomic E-state index is 12.1. The summed E-state index contributed by atoms with van der Waals surface area (Å²) in [4.78, 5) is 12.1. The van der Waals surface area contributed by atoms with Crippen molar-refractivity contribution in [2.24, 2.45) is 0 Å². The van der Waals surface area contributed by atoms with E-state index < -0.39 is 18.1 Å². The molecule has 2 aromatic carbocycles. The van der Waals surface area contributed by atoms with Crippen LogP contribution in [0.25, 0.3) is 0 Å². The van der Waals surface area contributed by atoms with Crippen molar-refractivity contribution in [3.8, 4) is 0 Å². The molecule has 0 saturated carbocycles. The highest BCUT2D eigenvalue weighted by atomic mass is 16.5. The van der Waals surface area contributed by atoms with Crippen LogP contribution in [0, 0.1) is 0 Å². The van der Waals surface area contributed by atoms with Crippen LogP contribution in [0.15, 0.2) is 60.7 Å². The Morgan fingerprint density at radius 3 is 2.14 bits per heavy atom. The van der Waals surface area contributed by atoms with E-state index in [1.807, 2.05) is 60.7 Å². The van der Waals surface area contributed by atoms with Crippen molar-refractivity contribution in [1.82, 2.24) is 5.32 Å². The molecule has 2 N–H and O–H groups in total.